The number of fused-ring (bicyclic) bond motifs is 1. The molecule has 0 bridgehead atoms. The van der Waals surface area contributed by atoms with Crippen molar-refractivity contribution in [2.24, 2.45) is 5.92 Å². The summed E-state index contributed by atoms with van der Waals surface area (Å²) >= 11 is 0. The van der Waals surface area contributed by atoms with Gasteiger partial charge in [0.15, 0.2) is 5.54 Å². The molecule has 0 aromatic heterocycles. The predicted molar refractivity (Wildman–Crippen MR) is 96.0 cm³/mol. The van der Waals surface area contributed by atoms with Crippen LogP contribution in [0.2, 0.25) is 0 Å². The summed E-state index contributed by atoms with van der Waals surface area (Å²) in [7, 11) is 1.36. The van der Waals surface area contributed by atoms with Gasteiger partial charge >= 0.3 is 5.97 Å². The van der Waals surface area contributed by atoms with Gasteiger partial charge in [-0.15, -0.1) is 0 Å². The Kier molecular flexibility index (Phi) is 5.03. The summed E-state index contributed by atoms with van der Waals surface area (Å²) in [6.45, 7) is 4.10. The smallest absolute Gasteiger partial charge is 0.336 e. The van der Waals surface area contributed by atoms with Crippen LogP contribution >= 0.6 is 0 Å². The van der Waals surface area contributed by atoms with E-state index in [9.17, 15) is 14.4 Å². The van der Waals surface area contributed by atoms with Crippen LogP contribution in [0.1, 0.15) is 38.7 Å². The van der Waals surface area contributed by atoms with Crippen LogP contribution in [-0.2, 0) is 24.7 Å². The Morgan fingerprint density at radius 1 is 1.12 bits per heavy atom. The molecule has 0 saturated carbocycles. The number of carbonyl (C=O) groups excluding carboxylic acids is 3. The lowest BCUT2D eigenvalue weighted by molar-refractivity contribution is -0.173. The van der Waals surface area contributed by atoms with Gasteiger partial charge in [0.1, 0.15) is 0 Å². The van der Waals surface area contributed by atoms with Crippen molar-refractivity contribution in [2.45, 2.75) is 44.7 Å². The third kappa shape index (κ3) is 2.87. The molecule has 2 saturated heterocycles. The van der Waals surface area contributed by atoms with Gasteiger partial charge in [-0.3, -0.25) is 9.59 Å². The first kappa shape index (κ1) is 18.4. The second kappa shape index (κ2) is 7.09. The highest BCUT2D eigenvalue weighted by Gasteiger charge is 2.56. The molecule has 2 fully saturated rings. The van der Waals surface area contributed by atoms with Crippen molar-refractivity contribution >= 4 is 17.8 Å². The summed E-state index contributed by atoms with van der Waals surface area (Å²) in [4.78, 5) is 41.1. The molecule has 3 rings (SSSR count). The van der Waals surface area contributed by atoms with E-state index < -0.39 is 11.5 Å². The highest BCUT2D eigenvalue weighted by Crippen LogP contribution is 2.45. The van der Waals surface area contributed by atoms with E-state index in [1.54, 1.807) is 11.8 Å². The number of hydrogen-bond donors (Lipinski definition) is 0. The molecule has 26 heavy (non-hydrogen) atoms. The Morgan fingerprint density at radius 2 is 1.81 bits per heavy atom. The number of hydrogen-bond acceptors (Lipinski definition) is 4. The number of esters is 1. The van der Waals surface area contributed by atoms with E-state index >= 15 is 0 Å². The Balaban J connectivity index is 2.10. The van der Waals surface area contributed by atoms with Crippen LogP contribution in [0.25, 0.3) is 0 Å². The van der Waals surface area contributed by atoms with Crippen molar-refractivity contribution in [1.29, 1.82) is 0 Å². The molecule has 0 spiro atoms. The zero-order chi connectivity index (χ0) is 18.9. The molecule has 2 aliphatic heterocycles. The number of amides is 2. The van der Waals surface area contributed by atoms with Gasteiger partial charge in [-0.1, -0.05) is 30.3 Å². The Labute approximate surface area is 154 Å². The van der Waals surface area contributed by atoms with Gasteiger partial charge in [-0.25, -0.2) is 4.79 Å². The molecule has 1 aromatic carbocycles. The fraction of sp³-hybridized carbons (Fsp3) is 0.550. The molecule has 2 heterocycles. The average molecular weight is 358 g/mol. The fourth-order valence-corrected chi connectivity index (χ4v) is 4.71. The number of rotatable bonds is 2. The van der Waals surface area contributed by atoms with E-state index in [-0.39, 0.29) is 23.8 Å². The van der Waals surface area contributed by atoms with Crippen molar-refractivity contribution in [3.8, 4) is 0 Å². The van der Waals surface area contributed by atoms with Crippen LogP contribution in [-0.4, -0.2) is 53.8 Å². The van der Waals surface area contributed by atoms with E-state index in [4.69, 9.17) is 4.74 Å². The summed E-state index contributed by atoms with van der Waals surface area (Å²) in [5, 5.41) is 0. The van der Waals surface area contributed by atoms with Gasteiger partial charge in [0.2, 0.25) is 11.8 Å². The van der Waals surface area contributed by atoms with E-state index in [0.29, 0.717) is 19.5 Å². The molecule has 0 unspecified atom stereocenters. The molecule has 6 nitrogen and oxygen atoms in total. The summed E-state index contributed by atoms with van der Waals surface area (Å²) in [6.07, 6.45) is 2.32. The molecule has 3 atom stereocenters. The number of ether oxygens (including phenoxy) is 1. The summed E-state index contributed by atoms with van der Waals surface area (Å²) in [5.41, 5.74) is -0.372. The molecule has 0 radical (unpaired) electrons. The Bertz CT molecular complexity index is 705. The van der Waals surface area contributed by atoms with Crippen LogP contribution in [0.3, 0.4) is 0 Å². The maximum absolute atomic E-state index is 13.0. The summed E-state index contributed by atoms with van der Waals surface area (Å²) in [6, 6.07) is 9.32. The first-order valence-electron chi connectivity index (χ1n) is 9.11. The number of benzene rings is 1. The molecule has 2 amide bonds. The number of piperidine rings is 2. The highest BCUT2D eigenvalue weighted by atomic mass is 16.5. The second-order valence-electron chi connectivity index (χ2n) is 7.23. The van der Waals surface area contributed by atoms with Crippen LogP contribution in [0, 0.1) is 5.92 Å². The molecule has 2 aliphatic rings. The molecule has 0 N–H and O–H groups in total. The summed E-state index contributed by atoms with van der Waals surface area (Å²) in [5.74, 6) is -0.430. The minimum atomic E-state index is -1.14. The first-order valence-corrected chi connectivity index (χ1v) is 9.11. The molecular weight excluding hydrogens is 332 g/mol. The first-order chi connectivity index (χ1) is 12.4. The van der Waals surface area contributed by atoms with E-state index in [1.165, 1.54) is 14.0 Å². The molecule has 1 aromatic rings. The van der Waals surface area contributed by atoms with Crippen LogP contribution in [0.5, 0.6) is 0 Å². The van der Waals surface area contributed by atoms with E-state index in [1.807, 2.05) is 35.2 Å². The zero-order valence-electron chi connectivity index (χ0n) is 15.6. The van der Waals surface area contributed by atoms with Gasteiger partial charge < -0.3 is 14.5 Å². The van der Waals surface area contributed by atoms with Crippen molar-refractivity contribution in [3.63, 3.8) is 0 Å². The van der Waals surface area contributed by atoms with E-state index in [0.717, 1.165) is 18.4 Å². The average Bonchev–Trinajstić information content (AvgIpc) is 2.66. The predicted octanol–water partition coefficient (Wildman–Crippen LogP) is 1.93. The molecular formula is C20H26N2O4. The lowest BCUT2D eigenvalue weighted by atomic mass is 9.70. The lowest BCUT2D eigenvalue weighted by Crippen LogP contribution is -2.66. The van der Waals surface area contributed by atoms with Gasteiger partial charge in [0.05, 0.1) is 13.2 Å². The SMILES string of the molecule is COC(=O)[C@@]1(c2ccccc2)C[C@H]2CCCN(C(C)=O)[C@H]2CN1C(C)=O. The Hall–Kier alpha value is -2.37. The number of nitrogens with zero attached hydrogens (tertiary/aromatic N) is 2. The largest absolute Gasteiger partial charge is 0.467 e. The van der Waals surface area contributed by atoms with Gasteiger partial charge in [-0.05, 0) is 30.7 Å². The van der Waals surface area contributed by atoms with Gasteiger partial charge in [0.25, 0.3) is 0 Å². The molecule has 140 valence electrons. The van der Waals surface area contributed by atoms with Crippen molar-refractivity contribution in [1.82, 2.24) is 9.80 Å². The van der Waals surface area contributed by atoms with Crippen LogP contribution < -0.4 is 0 Å². The maximum atomic E-state index is 13.0. The van der Waals surface area contributed by atoms with Gasteiger partial charge in [0, 0.05) is 26.9 Å². The third-order valence-corrected chi connectivity index (χ3v) is 5.87. The topological polar surface area (TPSA) is 66.9 Å². The summed E-state index contributed by atoms with van der Waals surface area (Å²) < 4.78 is 5.17. The molecule has 6 heteroatoms. The fourth-order valence-electron chi connectivity index (χ4n) is 4.71. The molecule has 0 aliphatic carbocycles. The van der Waals surface area contributed by atoms with E-state index in [2.05, 4.69) is 0 Å². The lowest BCUT2D eigenvalue weighted by Gasteiger charge is -2.54. The number of carbonyl (C=O) groups is 3. The van der Waals surface area contributed by atoms with Crippen molar-refractivity contribution < 1.29 is 19.1 Å². The van der Waals surface area contributed by atoms with Gasteiger partial charge in [-0.2, -0.15) is 0 Å². The second-order valence-corrected chi connectivity index (χ2v) is 7.23. The minimum absolute atomic E-state index is 0.0217. The minimum Gasteiger partial charge on any atom is -0.467 e. The Morgan fingerprint density at radius 3 is 2.38 bits per heavy atom. The van der Waals surface area contributed by atoms with Crippen LogP contribution in [0.4, 0.5) is 0 Å². The van der Waals surface area contributed by atoms with Crippen molar-refractivity contribution in [3.05, 3.63) is 35.9 Å². The normalized spacial score (nSPS) is 28.3. The maximum Gasteiger partial charge on any atom is 0.336 e. The van der Waals surface area contributed by atoms with Crippen LogP contribution in [0.15, 0.2) is 30.3 Å². The van der Waals surface area contributed by atoms with Crippen molar-refractivity contribution in [2.75, 3.05) is 20.2 Å². The standard InChI is InChI=1S/C20H26N2O4/c1-14(23)21-11-7-8-16-12-20(19(25)26-3,17-9-5-4-6-10-17)22(15(2)24)13-18(16)21/h4-6,9-10,16,18H,7-8,11-13H2,1-3H3/t16-,18+,20+/m1/s1. The third-order valence-electron chi connectivity index (χ3n) is 5.87. The quantitative estimate of drug-likeness (QED) is 0.758. The number of methoxy groups -OCH3 is 1. The number of likely N-dealkylation sites (tertiary alicyclic amines) is 2. The highest BCUT2D eigenvalue weighted by molar-refractivity contribution is 5.89. The monoisotopic (exact) mass is 358 g/mol. The zero-order valence-corrected chi connectivity index (χ0v) is 15.6.